The van der Waals surface area contributed by atoms with Gasteiger partial charge in [0.05, 0.1) is 11.0 Å². The van der Waals surface area contributed by atoms with Crippen molar-refractivity contribution in [3.05, 3.63) is 59.2 Å². The van der Waals surface area contributed by atoms with Crippen LogP contribution < -0.4 is 4.74 Å². The van der Waals surface area contributed by atoms with Crippen LogP contribution in [0.4, 0.5) is 0 Å². The first-order valence-corrected chi connectivity index (χ1v) is 10.6. The fourth-order valence-corrected chi connectivity index (χ4v) is 6.60. The zero-order valence-corrected chi connectivity index (χ0v) is 17.5. The van der Waals surface area contributed by atoms with Gasteiger partial charge in [0.25, 0.3) is 0 Å². The van der Waals surface area contributed by atoms with Crippen molar-refractivity contribution in [3.8, 4) is 11.5 Å². The number of benzene rings is 2. The Bertz CT molecular complexity index is 1010. The van der Waals surface area contributed by atoms with Crippen LogP contribution in [-0.2, 0) is 23.1 Å². The summed E-state index contributed by atoms with van der Waals surface area (Å²) in [7, 11) is 0. The van der Waals surface area contributed by atoms with E-state index in [1.54, 1.807) is 6.07 Å². The second-order valence-corrected chi connectivity index (χ2v) is 9.05. The van der Waals surface area contributed by atoms with Crippen LogP contribution in [0.3, 0.4) is 0 Å². The number of nitrogens with zero attached hydrogens (tertiary/aromatic N) is 1. The van der Waals surface area contributed by atoms with E-state index < -0.39 is 17.1 Å². The van der Waals surface area contributed by atoms with E-state index in [0.29, 0.717) is 25.0 Å². The molecule has 2 aromatic rings. The number of rotatable bonds is 3. The minimum Gasteiger partial charge on any atom is -0.504 e. The van der Waals surface area contributed by atoms with Gasteiger partial charge in [0.2, 0.25) is 0 Å². The molecule has 4 aliphatic rings. The van der Waals surface area contributed by atoms with Gasteiger partial charge in [-0.15, -0.1) is 12.4 Å². The number of likely N-dealkylation sites (tertiary alicyclic amines) is 1. The number of Topliss-reactive ketones (excluding diaryl/α,β-unsaturated/α-hetero) is 1. The number of hydrogen-bond acceptors (Lipinski definition) is 5. The molecule has 0 radical (unpaired) electrons. The second kappa shape index (κ2) is 6.71. The quantitative estimate of drug-likeness (QED) is 0.788. The smallest absolute Gasteiger partial charge is 0.174 e. The molecule has 2 aliphatic heterocycles. The van der Waals surface area contributed by atoms with E-state index in [-0.39, 0.29) is 30.0 Å². The Morgan fingerprint density at radius 3 is 2.73 bits per heavy atom. The first-order chi connectivity index (χ1) is 14.0. The molecule has 2 bridgehead atoms. The molecule has 5 nitrogen and oxygen atoms in total. The van der Waals surface area contributed by atoms with E-state index in [4.69, 9.17) is 4.74 Å². The van der Waals surface area contributed by atoms with Crippen molar-refractivity contribution < 1.29 is 19.7 Å². The molecule has 6 rings (SSSR count). The number of aromatic hydroxyl groups is 1. The van der Waals surface area contributed by atoms with E-state index >= 15 is 0 Å². The maximum atomic E-state index is 12.8. The summed E-state index contributed by atoms with van der Waals surface area (Å²) in [5, 5.41) is 22.5. The maximum absolute atomic E-state index is 12.8. The molecule has 6 heteroatoms. The Kier molecular flexibility index (Phi) is 4.44. The fourth-order valence-electron chi connectivity index (χ4n) is 6.60. The van der Waals surface area contributed by atoms with E-state index in [1.807, 2.05) is 12.1 Å². The summed E-state index contributed by atoms with van der Waals surface area (Å²) < 4.78 is 6.07. The zero-order chi connectivity index (χ0) is 19.8. The highest BCUT2D eigenvalue weighted by Crippen LogP contribution is 2.64. The van der Waals surface area contributed by atoms with Gasteiger partial charge in [0, 0.05) is 24.6 Å². The molecule has 2 fully saturated rings. The number of phenolic OH excluding ortho intramolecular Hbond substituents is 1. The molecule has 30 heavy (non-hydrogen) atoms. The minimum atomic E-state index is -1.01. The number of ether oxygens (including phenoxy) is 1. The third kappa shape index (κ3) is 2.34. The van der Waals surface area contributed by atoms with Gasteiger partial charge in [-0.05, 0) is 49.4 Å². The molecule has 2 aliphatic carbocycles. The summed E-state index contributed by atoms with van der Waals surface area (Å²) in [4.78, 5) is 15.3. The lowest BCUT2D eigenvalue weighted by Crippen LogP contribution is -2.76. The van der Waals surface area contributed by atoms with Gasteiger partial charge in [0.15, 0.2) is 23.4 Å². The average Bonchev–Trinajstić information content (AvgIpc) is 3.09. The monoisotopic (exact) mass is 427 g/mol. The van der Waals surface area contributed by atoms with Crippen molar-refractivity contribution in [2.75, 3.05) is 13.1 Å². The van der Waals surface area contributed by atoms with Crippen molar-refractivity contribution in [2.45, 2.75) is 55.3 Å². The van der Waals surface area contributed by atoms with Gasteiger partial charge in [-0.3, -0.25) is 9.69 Å². The first-order valence-electron chi connectivity index (χ1n) is 10.6. The van der Waals surface area contributed by atoms with Gasteiger partial charge in [-0.2, -0.15) is 0 Å². The summed E-state index contributed by atoms with van der Waals surface area (Å²) >= 11 is 0. The molecule has 2 heterocycles. The number of ketones is 1. The summed E-state index contributed by atoms with van der Waals surface area (Å²) in [5.74, 6) is 0.555. The molecule has 2 N–H and O–H groups in total. The summed E-state index contributed by atoms with van der Waals surface area (Å²) in [6.07, 6.45) is 2.45. The van der Waals surface area contributed by atoms with Crippen molar-refractivity contribution in [1.29, 1.82) is 0 Å². The lowest BCUT2D eigenvalue weighted by molar-refractivity contribution is -0.188. The topological polar surface area (TPSA) is 70.0 Å². The highest BCUT2D eigenvalue weighted by molar-refractivity contribution is 5.90. The molecule has 1 saturated carbocycles. The summed E-state index contributed by atoms with van der Waals surface area (Å²) in [6, 6.07) is 14.0. The predicted molar refractivity (Wildman–Crippen MR) is 114 cm³/mol. The third-order valence-corrected chi connectivity index (χ3v) is 7.90. The van der Waals surface area contributed by atoms with Gasteiger partial charge in [-0.1, -0.05) is 36.4 Å². The molecule has 4 atom stereocenters. The van der Waals surface area contributed by atoms with Crippen LogP contribution in [0, 0.1) is 0 Å². The SMILES string of the molecule is Cl.O=C1CC[C@@]2(O)[C@H]3Cc4ccc(O)c5c4[C@@]2(CCN3CCc2ccccc2)[C@H]1O5. The van der Waals surface area contributed by atoms with Crippen molar-refractivity contribution in [2.24, 2.45) is 0 Å². The van der Waals surface area contributed by atoms with Crippen LogP contribution in [-0.4, -0.2) is 51.7 Å². The molecule has 1 spiro atoms. The highest BCUT2D eigenvalue weighted by atomic mass is 35.5. The number of phenols is 1. The molecular weight excluding hydrogens is 402 g/mol. The molecule has 0 unspecified atom stereocenters. The Morgan fingerprint density at radius 2 is 1.93 bits per heavy atom. The Labute approximate surface area is 182 Å². The minimum absolute atomic E-state index is 0. The van der Waals surface area contributed by atoms with Gasteiger partial charge < -0.3 is 14.9 Å². The van der Waals surface area contributed by atoms with Crippen LogP contribution >= 0.6 is 12.4 Å². The zero-order valence-electron chi connectivity index (χ0n) is 16.7. The maximum Gasteiger partial charge on any atom is 0.174 e. The Balaban J connectivity index is 0.00000193. The Morgan fingerprint density at radius 1 is 1.13 bits per heavy atom. The van der Waals surface area contributed by atoms with Crippen LogP contribution in [0.1, 0.15) is 36.0 Å². The lowest BCUT2D eigenvalue weighted by Gasteiger charge is -2.62. The second-order valence-electron chi connectivity index (χ2n) is 9.05. The molecule has 2 aromatic carbocycles. The fraction of sp³-hybridized carbons (Fsp3) is 0.458. The molecular formula is C24H26ClNO4. The molecule has 158 valence electrons. The average molecular weight is 428 g/mol. The largest absolute Gasteiger partial charge is 0.504 e. The Hall–Kier alpha value is -2.08. The van der Waals surface area contributed by atoms with Crippen molar-refractivity contribution in [1.82, 2.24) is 4.90 Å². The number of hydrogen-bond donors (Lipinski definition) is 2. The summed E-state index contributed by atoms with van der Waals surface area (Å²) in [5.41, 5.74) is 1.57. The van der Waals surface area contributed by atoms with Crippen LogP contribution in [0.2, 0.25) is 0 Å². The van der Waals surface area contributed by atoms with Gasteiger partial charge in [-0.25, -0.2) is 0 Å². The van der Waals surface area contributed by atoms with E-state index in [9.17, 15) is 15.0 Å². The van der Waals surface area contributed by atoms with E-state index in [2.05, 4.69) is 29.2 Å². The number of aliphatic hydroxyl groups is 1. The predicted octanol–water partition coefficient (Wildman–Crippen LogP) is 2.78. The number of halogens is 1. The number of carbonyl (C=O) groups excluding carboxylic acids is 1. The van der Waals surface area contributed by atoms with Crippen molar-refractivity contribution >= 4 is 18.2 Å². The summed E-state index contributed by atoms with van der Waals surface area (Å²) in [6.45, 7) is 1.70. The van der Waals surface area contributed by atoms with Gasteiger partial charge >= 0.3 is 0 Å². The van der Waals surface area contributed by atoms with Crippen LogP contribution in [0.5, 0.6) is 11.5 Å². The van der Waals surface area contributed by atoms with E-state index in [0.717, 1.165) is 37.1 Å². The standard InChI is InChI=1S/C24H25NO4.ClH/c26-17-7-6-16-14-19-24(28)10-8-18(27)22-23(24,20(16)21(17)29-22)11-13-25(19)12-9-15-4-2-1-3-5-15;/h1-7,19,22,26,28H,8-14H2;1H/t19-,22+,23+,24-;/m1./s1. The van der Waals surface area contributed by atoms with Crippen LogP contribution in [0.25, 0.3) is 0 Å². The molecule has 0 amide bonds. The third-order valence-electron chi connectivity index (χ3n) is 7.90. The van der Waals surface area contributed by atoms with Gasteiger partial charge in [0.1, 0.15) is 0 Å². The number of carbonyl (C=O) groups is 1. The first kappa shape index (κ1) is 19.9. The molecule has 0 aromatic heterocycles. The van der Waals surface area contributed by atoms with E-state index in [1.165, 1.54) is 5.56 Å². The van der Waals surface area contributed by atoms with Crippen molar-refractivity contribution in [3.63, 3.8) is 0 Å². The number of piperidine rings is 1. The van der Waals surface area contributed by atoms with Crippen LogP contribution in [0.15, 0.2) is 42.5 Å². The molecule has 1 saturated heterocycles. The lowest BCUT2D eigenvalue weighted by atomic mass is 9.49. The highest BCUT2D eigenvalue weighted by Gasteiger charge is 2.73. The normalized spacial score (nSPS) is 33.4.